The van der Waals surface area contributed by atoms with E-state index in [1.807, 2.05) is 150 Å². The molecule has 17 nitrogen and oxygen atoms in total. The highest BCUT2D eigenvalue weighted by Gasteiger charge is 2.31. The zero-order valence-corrected chi connectivity index (χ0v) is 53.1. The standard InChI is InChI=1S/C35H34F3N3O5S.C35H37N3O6S/c1-24(2)46-33(42)16-10-5-11-21-45-32-23-31-29(22-30(32)40-47(43,44)28-19-17-26(18-20-28)35(36,37)38)39-34(25-12-6-3-7-13-25)41(31)27-14-8-4-9-15-27;1-25(2)44-34(39)17-11-6-12-22-43-33-24-32-30(23-31(33)37-45(40,41)29-20-18-28(42-3)19-21-29)36-35(26-13-7-4-8-14-26)38(32)27-15-9-5-10-16-27/h3-4,6-9,12-15,17-20,22-24,40H,5,10-11,16,21H2,1-2H3;4-5,7-10,13-16,18-21,23-25,37H,6,11-12,17,22H2,1-3H3. The van der Waals surface area contributed by atoms with E-state index in [0.29, 0.717) is 84.8 Å². The van der Waals surface area contributed by atoms with Crippen molar-refractivity contribution in [3.8, 4) is 51.4 Å². The molecule has 480 valence electrons. The Labute approximate surface area is 533 Å². The lowest BCUT2D eigenvalue weighted by molar-refractivity contribution is -0.148. The van der Waals surface area contributed by atoms with Crippen LogP contribution >= 0.6 is 0 Å². The number of halogens is 3. The van der Waals surface area contributed by atoms with Gasteiger partial charge in [-0.1, -0.05) is 97.1 Å². The second kappa shape index (κ2) is 30.4. The topological polar surface area (TPSA) is 208 Å². The maximum Gasteiger partial charge on any atom is 0.416 e. The Kier molecular flexibility index (Phi) is 22.1. The molecule has 0 spiro atoms. The first-order valence-electron chi connectivity index (χ1n) is 30.0. The van der Waals surface area contributed by atoms with Crippen LogP contribution in [0.1, 0.15) is 84.6 Å². The van der Waals surface area contributed by atoms with Crippen LogP contribution in [-0.2, 0) is 45.3 Å². The van der Waals surface area contributed by atoms with Gasteiger partial charge in [0.1, 0.15) is 28.9 Å². The van der Waals surface area contributed by atoms with E-state index in [9.17, 15) is 39.6 Å². The number of carbonyl (C=O) groups is 2. The van der Waals surface area contributed by atoms with Crippen LogP contribution in [0.2, 0.25) is 0 Å². The molecule has 0 amide bonds. The number of fused-ring (bicyclic) bond motifs is 2. The number of rotatable bonds is 27. The summed E-state index contributed by atoms with van der Waals surface area (Å²) in [6.45, 7) is 7.78. The summed E-state index contributed by atoms with van der Waals surface area (Å²) in [5, 5.41) is 0. The van der Waals surface area contributed by atoms with Crippen LogP contribution in [-0.4, -0.2) is 80.4 Å². The average molecular weight is 1290 g/mol. The Morgan fingerprint density at radius 3 is 1.22 bits per heavy atom. The van der Waals surface area contributed by atoms with Crippen molar-refractivity contribution in [2.45, 2.75) is 107 Å². The molecule has 0 aliphatic heterocycles. The molecule has 0 saturated carbocycles. The predicted molar refractivity (Wildman–Crippen MR) is 349 cm³/mol. The molecule has 10 rings (SSSR count). The summed E-state index contributed by atoms with van der Waals surface area (Å²) in [5.41, 5.74) is 5.35. The predicted octanol–water partition coefficient (Wildman–Crippen LogP) is 15.8. The van der Waals surface area contributed by atoms with Gasteiger partial charge < -0.3 is 23.7 Å². The summed E-state index contributed by atoms with van der Waals surface area (Å²) in [4.78, 5) is 33.3. The number of hydrogen-bond acceptors (Lipinski definition) is 13. The van der Waals surface area contributed by atoms with Gasteiger partial charge in [0, 0.05) is 47.5 Å². The number of hydrogen-bond donors (Lipinski definition) is 2. The minimum atomic E-state index is -4.61. The molecule has 0 saturated heterocycles. The smallest absolute Gasteiger partial charge is 0.416 e. The molecule has 0 radical (unpaired) electrons. The number of ether oxygens (including phenoxy) is 5. The quantitative estimate of drug-likeness (QED) is 0.0363. The second-order valence-electron chi connectivity index (χ2n) is 21.9. The average Bonchev–Trinajstić information content (AvgIpc) is 1.60. The molecule has 0 fully saturated rings. The number of esters is 2. The molecule has 2 heterocycles. The summed E-state index contributed by atoms with van der Waals surface area (Å²) in [5.74, 6) is 1.99. The lowest BCUT2D eigenvalue weighted by Crippen LogP contribution is -2.15. The molecule has 10 aromatic rings. The van der Waals surface area contributed by atoms with E-state index in [2.05, 4.69) is 9.44 Å². The fourth-order valence-corrected chi connectivity index (χ4v) is 12.1. The van der Waals surface area contributed by atoms with Gasteiger partial charge in [0.05, 0.1) is 81.3 Å². The number of carbonyl (C=O) groups excluding carboxylic acids is 2. The van der Waals surface area contributed by atoms with Gasteiger partial charge in [-0.3, -0.25) is 28.2 Å². The number of nitrogens with one attached hydrogen (secondary N) is 2. The first-order valence-corrected chi connectivity index (χ1v) is 33.0. The van der Waals surface area contributed by atoms with E-state index in [1.165, 1.54) is 19.2 Å². The third-order valence-electron chi connectivity index (χ3n) is 14.3. The van der Waals surface area contributed by atoms with Crippen LogP contribution in [0.5, 0.6) is 17.2 Å². The number of aromatic nitrogens is 4. The van der Waals surface area contributed by atoms with Gasteiger partial charge in [0.15, 0.2) is 0 Å². The number of unbranched alkanes of at least 4 members (excludes halogenated alkanes) is 4. The summed E-state index contributed by atoms with van der Waals surface area (Å²) in [7, 11) is -6.76. The Morgan fingerprint density at radius 1 is 0.489 bits per heavy atom. The van der Waals surface area contributed by atoms with Crippen molar-refractivity contribution in [3.63, 3.8) is 0 Å². The molecular weight excluding hydrogens is 1220 g/mol. The number of imidazole rings is 2. The van der Waals surface area contributed by atoms with E-state index in [-0.39, 0.29) is 64.1 Å². The number of anilines is 2. The van der Waals surface area contributed by atoms with E-state index in [1.54, 1.807) is 44.2 Å². The third kappa shape index (κ3) is 17.4. The highest BCUT2D eigenvalue weighted by Crippen LogP contribution is 2.39. The Bertz CT molecular complexity index is 4330. The van der Waals surface area contributed by atoms with Crippen LogP contribution in [0.25, 0.3) is 56.2 Å². The Morgan fingerprint density at radius 2 is 0.859 bits per heavy atom. The van der Waals surface area contributed by atoms with Gasteiger partial charge in [0.25, 0.3) is 20.0 Å². The minimum Gasteiger partial charge on any atom is -0.497 e. The zero-order valence-electron chi connectivity index (χ0n) is 51.4. The van der Waals surface area contributed by atoms with Crippen LogP contribution < -0.4 is 23.7 Å². The number of methoxy groups -OCH3 is 1. The van der Waals surface area contributed by atoms with Gasteiger partial charge in [-0.05, 0) is 151 Å². The maximum atomic E-state index is 13.5. The number of alkyl halides is 3. The van der Waals surface area contributed by atoms with E-state index < -0.39 is 31.8 Å². The first kappa shape index (κ1) is 66.7. The molecule has 0 bridgehead atoms. The SMILES string of the molecule is CC(C)OC(=O)CCCCCOc1cc2c(cc1NS(=O)(=O)c1ccc(C(F)(F)F)cc1)nc(-c1ccccc1)n2-c1ccccc1.COc1ccc(S(=O)(=O)Nc2cc3nc(-c4ccccc4)n(-c4ccccc4)c3cc2OCCCCCC(=O)OC(C)C)cc1. The fourth-order valence-electron chi connectivity index (χ4n) is 9.94. The number of para-hydroxylation sites is 2. The molecule has 0 atom stereocenters. The van der Waals surface area contributed by atoms with Crippen molar-refractivity contribution in [1.29, 1.82) is 0 Å². The molecule has 0 unspecified atom stereocenters. The summed E-state index contributed by atoms with van der Waals surface area (Å²) >= 11 is 0. The van der Waals surface area contributed by atoms with Crippen molar-refractivity contribution >= 4 is 65.4 Å². The molecule has 22 heteroatoms. The van der Waals surface area contributed by atoms with Gasteiger partial charge in [-0.2, -0.15) is 13.2 Å². The molecule has 0 aliphatic rings. The van der Waals surface area contributed by atoms with Crippen molar-refractivity contribution in [1.82, 2.24) is 19.1 Å². The van der Waals surface area contributed by atoms with Crippen LogP contribution in [0.15, 0.2) is 204 Å². The molecule has 92 heavy (non-hydrogen) atoms. The minimum absolute atomic E-state index is 0.0789. The van der Waals surface area contributed by atoms with Gasteiger partial charge in [0.2, 0.25) is 0 Å². The normalized spacial score (nSPS) is 11.7. The molecule has 0 aliphatic carbocycles. The Balaban J connectivity index is 0.000000218. The summed E-state index contributed by atoms with van der Waals surface area (Å²) < 4.78 is 130. The fraction of sp³-hybridized carbons (Fsp3) is 0.257. The van der Waals surface area contributed by atoms with Crippen molar-refractivity contribution in [2.24, 2.45) is 0 Å². The second-order valence-corrected chi connectivity index (χ2v) is 25.3. The summed E-state index contributed by atoms with van der Waals surface area (Å²) in [6.07, 6.45) is -0.365. The van der Waals surface area contributed by atoms with Gasteiger partial charge >= 0.3 is 18.1 Å². The number of nitrogens with zero attached hydrogens (tertiary/aromatic N) is 4. The van der Waals surface area contributed by atoms with E-state index >= 15 is 0 Å². The highest BCUT2D eigenvalue weighted by molar-refractivity contribution is 7.93. The number of benzene rings is 8. The highest BCUT2D eigenvalue weighted by atomic mass is 32.2. The monoisotopic (exact) mass is 1290 g/mol. The molecule has 2 N–H and O–H groups in total. The lowest BCUT2D eigenvalue weighted by Gasteiger charge is -2.16. The number of sulfonamides is 2. The van der Waals surface area contributed by atoms with Crippen molar-refractivity contribution < 1.29 is 63.3 Å². The zero-order chi connectivity index (χ0) is 65.4. The molecule has 8 aromatic carbocycles. The summed E-state index contributed by atoms with van der Waals surface area (Å²) in [6, 6.07) is 55.0. The van der Waals surface area contributed by atoms with Gasteiger partial charge in [-0.15, -0.1) is 0 Å². The molecule has 2 aromatic heterocycles. The largest absolute Gasteiger partial charge is 0.497 e. The molecular formula is C70H71F3N6O11S2. The van der Waals surface area contributed by atoms with E-state index in [0.717, 1.165) is 58.7 Å². The van der Waals surface area contributed by atoms with Crippen LogP contribution in [0.4, 0.5) is 24.5 Å². The van der Waals surface area contributed by atoms with Gasteiger partial charge in [-0.25, -0.2) is 26.8 Å². The lowest BCUT2D eigenvalue weighted by atomic mass is 10.2. The first-order chi connectivity index (χ1) is 44.2. The maximum absolute atomic E-state index is 13.5. The Hall–Kier alpha value is -9.67. The van der Waals surface area contributed by atoms with Crippen LogP contribution in [0, 0.1) is 0 Å². The van der Waals surface area contributed by atoms with Crippen molar-refractivity contribution in [3.05, 3.63) is 200 Å². The third-order valence-corrected chi connectivity index (χ3v) is 17.0. The van der Waals surface area contributed by atoms with E-state index in [4.69, 9.17) is 33.7 Å². The van der Waals surface area contributed by atoms with Crippen molar-refractivity contribution in [2.75, 3.05) is 29.8 Å². The van der Waals surface area contributed by atoms with Crippen LogP contribution in [0.3, 0.4) is 0 Å².